The fourth-order valence-electron chi connectivity index (χ4n) is 2.59. The van der Waals surface area contributed by atoms with Gasteiger partial charge in [-0.25, -0.2) is 12.7 Å². The van der Waals surface area contributed by atoms with Gasteiger partial charge in [-0.3, -0.25) is 9.59 Å². The molecule has 0 aliphatic carbocycles. The molecule has 0 bridgehead atoms. The molecular weight excluding hydrogens is 380 g/mol. The molecule has 144 valence electrons. The van der Waals surface area contributed by atoms with Gasteiger partial charge >= 0.3 is 0 Å². The van der Waals surface area contributed by atoms with Crippen LogP contribution in [0.5, 0.6) is 0 Å². The lowest BCUT2D eigenvalue weighted by Gasteiger charge is -2.16. The van der Waals surface area contributed by atoms with Crippen molar-refractivity contribution in [2.75, 3.05) is 23.2 Å². The lowest BCUT2D eigenvalue weighted by Crippen LogP contribution is -2.30. The van der Waals surface area contributed by atoms with Crippen LogP contribution in [0.1, 0.15) is 37.6 Å². The number of benzene rings is 1. The van der Waals surface area contributed by atoms with Gasteiger partial charge in [-0.05, 0) is 38.5 Å². The molecular formula is C17H23ClN2O5S. The first-order chi connectivity index (χ1) is 12.1. The van der Waals surface area contributed by atoms with Crippen LogP contribution in [0.2, 0.25) is 5.02 Å². The van der Waals surface area contributed by atoms with Crippen molar-refractivity contribution < 1.29 is 22.7 Å². The second kappa shape index (κ2) is 8.37. The Morgan fingerprint density at radius 3 is 2.65 bits per heavy atom. The highest BCUT2D eigenvalue weighted by molar-refractivity contribution is 7.94. The topological polar surface area (TPSA) is 92.8 Å². The van der Waals surface area contributed by atoms with E-state index in [9.17, 15) is 18.0 Å². The first-order valence-corrected chi connectivity index (χ1v) is 10.4. The molecule has 0 spiro atoms. The van der Waals surface area contributed by atoms with Gasteiger partial charge in [0.1, 0.15) is 0 Å². The van der Waals surface area contributed by atoms with Gasteiger partial charge in [-0.2, -0.15) is 0 Å². The fourth-order valence-corrected chi connectivity index (χ4v) is 4.66. The molecule has 26 heavy (non-hydrogen) atoms. The molecule has 1 aromatic carbocycles. The van der Waals surface area contributed by atoms with E-state index in [0.29, 0.717) is 19.6 Å². The summed E-state index contributed by atoms with van der Waals surface area (Å²) in [5.74, 6) is -1.70. The number of ether oxygens (including phenoxy) is 1. The Hall–Kier alpha value is -1.64. The van der Waals surface area contributed by atoms with E-state index in [4.69, 9.17) is 16.3 Å². The summed E-state index contributed by atoms with van der Waals surface area (Å²) in [5, 5.41) is 2.82. The summed E-state index contributed by atoms with van der Waals surface area (Å²) in [4.78, 5) is 24.3. The molecule has 1 saturated heterocycles. The van der Waals surface area contributed by atoms with Crippen molar-refractivity contribution in [1.82, 2.24) is 5.32 Å². The summed E-state index contributed by atoms with van der Waals surface area (Å²) in [6, 6.07) is 4.16. The van der Waals surface area contributed by atoms with E-state index >= 15 is 0 Å². The number of halogens is 1. The molecule has 9 heteroatoms. The third-order valence-electron chi connectivity index (χ3n) is 3.85. The Bertz CT molecular complexity index is 794. The highest BCUT2D eigenvalue weighted by Crippen LogP contribution is 2.31. The van der Waals surface area contributed by atoms with Gasteiger partial charge in [-0.15, -0.1) is 0 Å². The zero-order chi connectivity index (χ0) is 19.5. The third kappa shape index (κ3) is 4.75. The van der Waals surface area contributed by atoms with Crippen LogP contribution in [0, 0.1) is 5.92 Å². The van der Waals surface area contributed by atoms with E-state index in [2.05, 4.69) is 5.32 Å². The average Bonchev–Trinajstić information content (AvgIpc) is 2.73. The van der Waals surface area contributed by atoms with E-state index in [0.717, 1.165) is 4.31 Å². The number of nitrogens with one attached hydrogen (secondary N) is 1. The van der Waals surface area contributed by atoms with Gasteiger partial charge in [0.2, 0.25) is 15.9 Å². The van der Waals surface area contributed by atoms with Crippen molar-refractivity contribution in [1.29, 1.82) is 0 Å². The Morgan fingerprint density at radius 2 is 2.12 bits per heavy atom. The Labute approximate surface area is 158 Å². The average molecular weight is 403 g/mol. The number of nitrogens with zero attached hydrogens (tertiary/aromatic N) is 1. The second-order valence-electron chi connectivity index (χ2n) is 6.48. The van der Waals surface area contributed by atoms with E-state index in [1.54, 1.807) is 6.92 Å². The van der Waals surface area contributed by atoms with Crippen molar-refractivity contribution in [3.8, 4) is 0 Å². The first kappa shape index (κ1) is 20.7. The summed E-state index contributed by atoms with van der Waals surface area (Å²) >= 11 is 6.14. The van der Waals surface area contributed by atoms with Crippen molar-refractivity contribution in [2.24, 2.45) is 5.92 Å². The summed E-state index contributed by atoms with van der Waals surface area (Å²) < 4.78 is 30.4. The van der Waals surface area contributed by atoms with Gasteiger partial charge in [0.05, 0.1) is 34.0 Å². The monoisotopic (exact) mass is 402 g/mol. The molecule has 2 rings (SSSR count). The first-order valence-electron chi connectivity index (χ1n) is 8.39. The predicted molar refractivity (Wildman–Crippen MR) is 99.9 cm³/mol. The normalized spacial score (nSPS) is 19.2. The van der Waals surface area contributed by atoms with Crippen LogP contribution < -0.4 is 9.62 Å². The van der Waals surface area contributed by atoms with Gasteiger partial charge < -0.3 is 10.1 Å². The molecule has 1 aliphatic rings. The fraction of sp³-hybridized carbons (Fsp3) is 0.529. The zero-order valence-corrected chi connectivity index (χ0v) is 16.6. The lowest BCUT2D eigenvalue weighted by molar-refractivity contribution is -0.119. The predicted octanol–water partition coefficient (Wildman–Crippen LogP) is 2.20. The molecule has 0 radical (unpaired) electrons. The molecule has 0 aromatic heterocycles. The zero-order valence-electron chi connectivity index (χ0n) is 15.0. The van der Waals surface area contributed by atoms with E-state index in [1.165, 1.54) is 18.2 Å². The van der Waals surface area contributed by atoms with Crippen LogP contribution in [0.25, 0.3) is 0 Å². The maximum Gasteiger partial charge on any atom is 0.252 e. The number of amides is 2. The van der Waals surface area contributed by atoms with Crippen LogP contribution in [-0.4, -0.2) is 45.2 Å². The van der Waals surface area contributed by atoms with Crippen molar-refractivity contribution in [2.45, 2.75) is 33.3 Å². The minimum atomic E-state index is -3.71. The number of carbonyl (C=O) groups excluding carboxylic acids is 2. The summed E-state index contributed by atoms with van der Waals surface area (Å²) in [7, 11) is -3.71. The Balaban J connectivity index is 2.05. The van der Waals surface area contributed by atoms with Crippen molar-refractivity contribution in [3.05, 3.63) is 28.8 Å². The molecule has 1 aromatic rings. The number of rotatable bonds is 7. The maximum absolute atomic E-state index is 12.2. The number of carbonyl (C=O) groups is 2. The standard InChI is InChI=1S/C17H23ClN2O5S/c1-11(2)25-8-4-7-19-16(21)14-6-5-13(9-15(14)18)20-17(22)12(3)10-26(20,23)24/h5-6,9,11-12H,4,7-8,10H2,1-3H3,(H,19,21). The van der Waals surface area contributed by atoms with E-state index in [1.807, 2.05) is 13.8 Å². The van der Waals surface area contributed by atoms with Crippen LogP contribution >= 0.6 is 11.6 Å². The maximum atomic E-state index is 12.2. The molecule has 0 saturated carbocycles. The number of anilines is 1. The van der Waals surface area contributed by atoms with Gasteiger partial charge in [-0.1, -0.05) is 18.5 Å². The van der Waals surface area contributed by atoms with Gasteiger partial charge in [0.15, 0.2) is 0 Å². The molecule has 1 N–H and O–H groups in total. The van der Waals surface area contributed by atoms with Crippen LogP contribution in [0.15, 0.2) is 18.2 Å². The highest BCUT2D eigenvalue weighted by Gasteiger charge is 2.42. The summed E-state index contributed by atoms with van der Waals surface area (Å²) in [6.45, 7) is 6.40. The van der Waals surface area contributed by atoms with E-state index < -0.39 is 21.8 Å². The number of hydrogen-bond donors (Lipinski definition) is 1. The molecule has 7 nitrogen and oxygen atoms in total. The second-order valence-corrected chi connectivity index (χ2v) is 8.74. The highest BCUT2D eigenvalue weighted by atomic mass is 35.5. The van der Waals surface area contributed by atoms with E-state index in [-0.39, 0.29) is 34.0 Å². The molecule has 1 heterocycles. The number of sulfonamides is 1. The summed E-state index contributed by atoms with van der Waals surface area (Å²) in [5.41, 5.74) is 0.364. The largest absolute Gasteiger partial charge is 0.379 e. The molecule has 1 fully saturated rings. The van der Waals surface area contributed by atoms with Gasteiger partial charge in [0.25, 0.3) is 5.91 Å². The molecule has 1 aliphatic heterocycles. The smallest absolute Gasteiger partial charge is 0.252 e. The SMILES string of the molecule is CC(C)OCCCNC(=O)c1ccc(N2C(=O)C(C)CS2(=O)=O)cc1Cl. The van der Waals surface area contributed by atoms with Gasteiger partial charge in [0, 0.05) is 13.2 Å². The molecule has 1 atom stereocenters. The van der Waals surface area contributed by atoms with Crippen LogP contribution in [0.4, 0.5) is 5.69 Å². The minimum absolute atomic E-state index is 0.0842. The minimum Gasteiger partial charge on any atom is -0.379 e. The molecule has 2 amide bonds. The van der Waals surface area contributed by atoms with Crippen LogP contribution in [-0.2, 0) is 19.6 Å². The van der Waals surface area contributed by atoms with Crippen LogP contribution in [0.3, 0.4) is 0 Å². The van der Waals surface area contributed by atoms with Crippen molar-refractivity contribution >= 4 is 39.1 Å². The summed E-state index contributed by atoms with van der Waals surface area (Å²) in [6.07, 6.45) is 0.804. The lowest BCUT2D eigenvalue weighted by atomic mass is 10.1. The quantitative estimate of drug-likeness (QED) is 0.706. The molecule has 1 unspecified atom stereocenters. The van der Waals surface area contributed by atoms with Crippen molar-refractivity contribution in [3.63, 3.8) is 0 Å². The Morgan fingerprint density at radius 1 is 1.42 bits per heavy atom. The third-order valence-corrected chi connectivity index (χ3v) is 6.03. The number of hydrogen-bond acceptors (Lipinski definition) is 5. The Kier molecular flexibility index (Phi) is 6.65.